The summed E-state index contributed by atoms with van der Waals surface area (Å²) < 4.78 is 0. The van der Waals surface area contributed by atoms with Crippen molar-refractivity contribution < 1.29 is 9.90 Å². The number of aliphatic hydroxyl groups excluding tert-OH is 1. The second-order valence-electron chi connectivity index (χ2n) is 3.78. The van der Waals surface area contributed by atoms with Crippen LogP contribution in [0.15, 0.2) is 23.0 Å². The van der Waals surface area contributed by atoms with E-state index in [2.05, 4.69) is 15.3 Å². The van der Waals surface area contributed by atoms with Gasteiger partial charge in [-0.05, 0) is 25.2 Å². The monoisotopic (exact) mass is 235 g/mol. The standard InChI is InChI=1S/C11H13N3O3/c1-12-5-9(15)10(16)6-2-3-7-8(4-6)14-11(17)13-7/h2-4,9,12,15H,5H2,1H3,(H2,13,14,17). The van der Waals surface area contributed by atoms with Crippen LogP contribution in [0.1, 0.15) is 10.4 Å². The summed E-state index contributed by atoms with van der Waals surface area (Å²) in [5.74, 6) is -0.372. The fourth-order valence-corrected chi connectivity index (χ4v) is 1.66. The van der Waals surface area contributed by atoms with Gasteiger partial charge >= 0.3 is 5.69 Å². The van der Waals surface area contributed by atoms with E-state index in [1.54, 1.807) is 25.2 Å². The molecule has 6 heteroatoms. The van der Waals surface area contributed by atoms with Crippen molar-refractivity contribution in [1.29, 1.82) is 0 Å². The summed E-state index contributed by atoms with van der Waals surface area (Å²) in [4.78, 5) is 28.0. The minimum Gasteiger partial charge on any atom is -0.384 e. The quantitative estimate of drug-likeness (QED) is 0.543. The van der Waals surface area contributed by atoms with Gasteiger partial charge in [0.25, 0.3) is 0 Å². The van der Waals surface area contributed by atoms with Gasteiger partial charge in [-0.1, -0.05) is 0 Å². The van der Waals surface area contributed by atoms with E-state index in [9.17, 15) is 14.7 Å². The van der Waals surface area contributed by atoms with Crippen molar-refractivity contribution in [3.05, 3.63) is 34.2 Å². The predicted octanol–water partition coefficient (Wildman–Crippen LogP) is -0.381. The predicted molar refractivity (Wildman–Crippen MR) is 63.2 cm³/mol. The number of rotatable bonds is 4. The van der Waals surface area contributed by atoms with E-state index >= 15 is 0 Å². The van der Waals surface area contributed by atoms with Crippen LogP contribution in [0.2, 0.25) is 0 Å². The van der Waals surface area contributed by atoms with Crippen LogP contribution >= 0.6 is 0 Å². The highest BCUT2D eigenvalue weighted by atomic mass is 16.3. The molecule has 2 rings (SSSR count). The molecule has 0 bridgehead atoms. The lowest BCUT2D eigenvalue weighted by atomic mass is 10.1. The number of likely N-dealkylation sites (N-methyl/N-ethyl adjacent to an activating group) is 1. The number of benzene rings is 1. The number of imidazole rings is 1. The van der Waals surface area contributed by atoms with Crippen molar-refractivity contribution in [2.24, 2.45) is 0 Å². The number of hydrogen-bond acceptors (Lipinski definition) is 4. The molecule has 0 amide bonds. The molecule has 1 atom stereocenters. The summed E-state index contributed by atoms with van der Waals surface area (Å²) in [5.41, 5.74) is 1.24. The highest BCUT2D eigenvalue weighted by Gasteiger charge is 2.16. The number of aromatic nitrogens is 2. The van der Waals surface area contributed by atoms with Gasteiger partial charge in [0.05, 0.1) is 11.0 Å². The Morgan fingerprint density at radius 2 is 2.12 bits per heavy atom. The van der Waals surface area contributed by atoms with Gasteiger partial charge in [-0.25, -0.2) is 4.79 Å². The van der Waals surface area contributed by atoms with Crippen molar-refractivity contribution >= 4 is 16.8 Å². The number of H-pyrrole nitrogens is 2. The Labute approximate surface area is 96.7 Å². The zero-order valence-corrected chi connectivity index (χ0v) is 9.28. The van der Waals surface area contributed by atoms with Crippen LogP contribution in [-0.4, -0.2) is 40.6 Å². The van der Waals surface area contributed by atoms with Gasteiger partial charge in [0, 0.05) is 12.1 Å². The summed E-state index contributed by atoms with van der Waals surface area (Å²) in [6.07, 6.45) is -1.08. The summed E-state index contributed by atoms with van der Waals surface area (Å²) >= 11 is 0. The van der Waals surface area contributed by atoms with Gasteiger partial charge in [-0.2, -0.15) is 0 Å². The molecule has 2 aromatic rings. The summed E-state index contributed by atoms with van der Waals surface area (Å²) in [5, 5.41) is 12.3. The number of aromatic amines is 2. The van der Waals surface area contributed by atoms with Gasteiger partial charge in [-0.3, -0.25) is 4.79 Å². The van der Waals surface area contributed by atoms with E-state index in [0.29, 0.717) is 16.6 Å². The first-order valence-electron chi connectivity index (χ1n) is 5.20. The third-order valence-electron chi connectivity index (χ3n) is 2.50. The number of Topliss-reactive ketones (excluding diaryl/α,β-unsaturated/α-hetero) is 1. The molecular weight excluding hydrogens is 222 g/mol. The second kappa shape index (κ2) is 4.52. The SMILES string of the molecule is CNCC(O)C(=O)c1ccc2[nH]c(=O)[nH]c2c1. The molecule has 17 heavy (non-hydrogen) atoms. The van der Waals surface area contributed by atoms with Crippen molar-refractivity contribution in [3.63, 3.8) is 0 Å². The Balaban J connectivity index is 2.35. The molecule has 1 unspecified atom stereocenters. The molecule has 0 aliphatic rings. The van der Waals surface area contributed by atoms with E-state index in [4.69, 9.17) is 0 Å². The zero-order chi connectivity index (χ0) is 12.4. The highest BCUT2D eigenvalue weighted by Crippen LogP contribution is 2.11. The average Bonchev–Trinajstić information content (AvgIpc) is 2.67. The van der Waals surface area contributed by atoms with Crippen molar-refractivity contribution in [1.82, 2.24) is 15.3 Å². The van der Waals surface area contributed by atoms with Crippen LogP contribution < -0.4 is 11.0 Å². The topological polar surface area (TPSA) is 98.0 Å². The van der Waals surface area contributed by atoms with E-state index < -0.39 is 6.10 Å². The summed E-state index contributed by atoms with van der Waals surface area (Å²) in [6, 6.07) is 4.76. The maximum absolute atomic E-state index is 11.8. The maximum atomic E-state index is 11.8. The zero-order valence-electron chi connectivity index (χ0n) is 9.28. The van der Waals surface area contributed by atoms with E-state index in [-0.39, 0.29) is 18.0 Å². The fraction of sp³-hybridized carbons (Fsp3) is 0.273. The number of aliphatic hydroxyl groups is 1. The lowest BCUT2D eigenvalue weighted by Crippen LogP contribution is -2.31. The molecular formula is C11H13N3O3. The second-order valence-corrected chi connectivity index (χ2v) is 3.78. The molecule has 0 saturated carbocycles. The Bertz CT molecular complexity index is 599. The minimum absolute atomic E-state index is 0.195. The molecule has 6 nitrogen and oxygen atoms in total. The Morgan fingerprint density at radius 3 is 2.82 bits per heavy atom. The molecule has 0 aliphatic heterocycles. The average molecular weight is 235 g/mol. The van der Waals surface area contributed by atoms with Crippen LogP contribution in [0.25, 0.3) is 11.0 Å². The van der Waals surface area contributed by atoms with E-state index in [1.165, 1.54) is 0 Å². The highest BCUT2D eigenvalue weighted by molar-refractivity contribution is 6.01. The largest absolute Gasteiger partial charge is 0.384 e. The summed E-state index contributed by atoms with van der Waals surface area (Å²) in [6.45, 7) is 0.195. The molecule has 4 N–H and O–H groups in total. The normalized spacial score (nSPS) is 12.8. The molecule has 0 spiro atoms. The Kier molecular flexibility index (Phi) is 3.08. The molecule has 0 radical (unpaired) electrons. The molecule has 0 fully saturated rings. The van der Waals surface area contributed by atoms with Crippen molar-refractivity contribution in [2.45, 2.75) is 6.10 Å². The molecule has 1 aromatic carbocycles. The van der Waals surface area contributed by atoms with E-state index in [0.717, 1.165) is 0 Å². The Morgan fingerprint density at radius 1 is 1.41 bits per heavy atom. The number of nitrogens with one attached hydrogen (secondary N) is 3. The molecule has 1 aromatic heterocycles. The smallest absolute Gasteiger partial charge is 0.323 e. The maximum Gasteiger partial charge on any atom is 0.323 e. The first kappa shape index (κ1) is 11.6. The number of ketones is 1. The lowest BCUT2D eigenvalue weighted by molar-refractivity contribution is 0.0750. The van der Waals surface area contributed by atoms with Gasteiger partial charge in [0.15, 0.2) is 5.78 Å². The number of hydrogen-bond donors (Lipinski definition) is 4. The molecule has 90 valence electrons. The van der Waals surface area contributed by atoms with Crippen LogP contribution in [0.5, 0.6) is 0 Å². The third-order valence-corrected chi connectivity index (χ3v) is 2.50. The summed E-state index contributed by atoms with van der Waals surface area (Å²) in [7, 11) is 1.66. The van der Waals surface area contributed by atoms with Crippen molar-refractivity contribution in [3.8, 4) is 0 Å². The van der Waals surface area contributed by atoms with Gasteiger partial charge in [0.2, 0.25) is 0 Å². The number of carbonyl (C=O) groups is 1. The van der Waals surface area contributed by atoms with Crippen LogP contribution in [0.3, 0.4) is 0 Å². The molecule has 0 saturated heterocycles. The van der Waals surface area contributed by atoms with Crippen molar-refractivity contribution in [2.75, 3.05) is 13.6 Å². The minimum atomic E-state index is -1.08. The van der Waals surface area contributed by atoms with Gasteiger partial charge in [-0.15, -0.1) is 0 Å². The number of fused-ring (bicyclic) bond motifs is 1. The van der Waals surface area contributed by atoms with Gasteiger partial charge in [0.1, 0.15) is 6.10 Å². The molecule has 1 heterocycles. The van der Waals surface area contributed by atoms with Crippen LogP contribution in [0, 0.1) is 0 Å². The van der Waals surface area contributed by atoms with Gasteiger partial charge < -0.3 is 20.4 Å². The third kappa shape index (κ3) is 2.27. The molecule has 0 aliphatic carbocycles. The lowest BCUT2D eigenvalue weighted by Gasteiger charge is -2.08. The Hall–Kier alpha value is -1.92. The van der Waals surface area contributed by atoms with E-state index in [1.807, 2.05) is 0 Å². The first-order valence-corrected chi connectivity index (χ1v) is 5.20. The fourth-order valence-electron chi connectivity index (χ4n) is 1.66. The van der Waals surface area contributed by atoms with Crippen LogP contribution in [0.4, 0.5) is 0 Å². The number of carbonyl (C=O) groups excluding carboxylic acids is 1. The van der Waals surface area contributed by atoms with Crippen LogP contribution in [-0.2, 0) is 0 Å². The first-order chi connectivity index (χ1) is 8.11.